The Balaban J connectivity index is 1.75. The van der Waals surface area contributed by atoms with Crippen LogP contribution in [0.25, 0.3) is 0 Å². The number of rotatable bonds is 7. The second kappa shape index (κ2) is 9.94. The number of nitrogens with zero attached hydrogens (tertiary/aromatic N) is 3. The van der Waals surface area contributed by atoms with E-state index in [0.29, 0.717) is 29.9 Å². The number of hydrogen-bond donors (Lipinski definition) is 1. The minimum absolute atomic E-state index is 0.244. The van der Waals surface area contributed by atoms with Gasteiger partial charge in [-0.05, 0) is 49.2 Å². The third-order valence-electron chi connectivity index (χ3n) is 3.99. The van der Waals surface area contributed by atoms with Gasteiger partial charge in [0.1, 0.15) is 11.3 Å². The van der Waals surface area contributed by atoms with E-state index in [1.807, 2.05) is 20.8 Å². The topological polar surface area (TPSA) is 101 Å². The Labute approximate surface area is 180 Å². The molecule has 1 N–H and O–H groups in total. The van der Waals surface area contributed by atoms with E-state index in [-0.39, 0.29) is 12.0 Å². The van der Waals surface area contributed by atoms with Crippen molar-refractivity contribution in [3.63, 3.8) is 0 Å². The van der Waals surface area contributed by atoms with Crippen LogP contribution >= 0.6 is 15.9 Å². The Morgan fingerprint density at radius 3 is 2.52 bits per heavy atom. The largest absolute Gasteiger partial charge is 0.476 e. The summed E-state index contributed by atoms with van der Waals surface area (Å²) in [6.07, 6.45) is 3.11. The van der Waals surface area contributed by atoms with Crippen LogP contribution < -0.4 is 9.46 Å². The molecular formula is C18H29BrN4O5S. The summed E-state index contributed by atoms with van der Waals surface area (Å²) in [5, 5.41) is 0. The van der Waals surface area contributed by atoms with Gasteiger partial charge in [0, 0.05) is 43.4 Å². The number of piperazine rings is 1. The Morgan fingerprint density at radius 1 is 1.28 bits per heavy atom. The standard InChI is InChI=1S/C18H29BrN4O5S/c1-18(2,3)28-17(24)23-9-7-22(8-10-23)6-5-11-27-16-15(21-29(4,25)26)12-14(19)13-20-16/h12-13,21H,5-11H2,1-4H3. The van der Waals surface area contributed by atoms with E-state index in [4.69, 9.17) is 9.47 Å². The molecule has 1 aliphatic rings. The second-order valence-electron chi connectivity index (χ2n) is 7.89. The van der Waals surface area contributed by atoms with Crippen molar-refractivity contribution in [2.75, 3.05) is 50.3 Å². The van der Waals surface area contributed by atoms with Crippen molar-refractivity contribution in [3.8, 4) is 5.88 Å². The number of halogens is 1. The van der Waals surface area contributed by atoms with Gasteiger partial charge >= 0.3 is 6.09 Å². The van der Waals surface area contributed by atoms with E-state index in [1.165, 1.54) is 0 Å². The second-order valence-corrected chi connectivity index (χ2v) is 10.6. The van der Waals surface area contributed by atoms with Crippen LogP contribution in [0.1, 0.15) is 27.2 Å². The Kier molecular flexibility index (Phi) is 8.12. The Hall–Kier alpha value is -1.59. The average Bonchev–Trinajstić information content (AvgIpc) is 2.58. The van der Waals surface area contributed by atoms with Crippen molar-refractivity contribution in [3.05, 3.63) is 16.7 Å². The predicted octanol–water partition coefficient (Wildman–Crippen LogP) is 2.54. The van der Waals surface area contributed by atoms with Crippen molar-refractivity contribution in [2.45, 2.75) is 32.8 Å². The van der Waals surface area contributed by atoms with Crippen molar-refractivity contribution in [2.24, 2.45) is 0 Å². The molecular weight excluding hydrogens is 464 g/mol. The van der Waals surface area contributed by atoms with Crippen LogP contribution in [0.2, 0.25) is 0 Å². The van der Waals surface area contributed by atoms with Crippen molar-refractivity contribution >= 4 is 37.7 Å². The first-order chi connectivity index (χ1) is 13.4. The van der Waals surface area contributed by atoms with Gasteiger partial charge in [0.25, 0.3) is 0 Å². The monoisotopic (exact) mass is 492 g/mol. The van der Waals surface area contributed by atoms with Gasteiger partial charge in [-0.1, -0.05) is 0 Å². The fourth-order valence-electron chi connectivity index (χ4n) is 2.75. The number of carbonyl (C=O) groups excluding carboxylic acids is 1. The van der Waals surface area contributed by atoms with Gasteiger partial charge < -0.3 is 14.4 Å². The first kappa shape index (κ1) is 23.7. The van der Waals surface area contributed by atoms with Gasteiger partial charge in [0.2, 0.25) is 15.9 Å². The van der Waals surface area contributed by atoms with Gasteiger partial charge in [-0.25, -0.2) is 18.2 Å². The summed E-state index contributed by atoms with van der Waals surface area (Å²) in [4.78, 5) is 20.2. The molecule has 0 spiro atoms. The maximum atomic E-state index is 12.1. The fourth-order valence-corrected chi connectivity index (χ4v) is 3.63. The number of aromatic nitrogens is 1. The van der Waals surface area contributed by atoms with Gasteiger partial charge in [-0.3, -0.25) is 9.62 Å². The van der Waals surface area contributed by atoms with E-state index >= 15 is 0 Å². The molecule has 164 valence electrons. The van der Waals surface area contributed by atoms with E-state index < -0.39 is 15.6 Å². The van der Waals surface area contributed by atoms with E-state index in [1.54, 1.807) is 17.2 Å². The van der Waals surface area contributed by atoms with E-state index in [0.717, 1.165) is 32.3 Å². The zero-order valence-corrected chi connectivity index (χ0v) is 19.7. The minimum Gasteiger partial charge on any atom is -0.476 e. The highest BCUT2D eigenvalue weighted by Gasteiger charge is 2.25. The molecule has 0 bridgehead atoms. The maximum Gasteiger partial charge on any atom is 0.410 e. The highest BCUT2D eigenvalue weighted by atomic mass is 79.9. The maximum absolute atomic E-state index is 12.1. The minimum atomic E-state index is -3.43. The third kappa shape index (κ3) is 8.75. The molecule has 1 aromatic rings. The Morgan fingerprint density at radius 2 is 1.93 bits per heavy atom. The molecule has 11 heteroatoms. The highest BCUT2D eigenvalue weighted by Crippen LogP contribution is 2.26. The predicted molar refractivity (Wildman–Crippen MR) is 115 cm³/mol. The molecule has 1 amide bonds. The van der Waals surface area contributed by atoms with Crippen molar-refractivity contribution in [1.82, 2.24) is 14.8 Å². The van der Waals surface area contributed by atoms with Gasteiger partial charge in [-0.15, -0.1) is 0 Å². The normalized spacial score (nSPS) is 15.8. The van der Waals surface area contributed by atoms with Gasteiger partial charge in [0.05, 0.1) is 12.9 Å². The van der Waals surface area contributed by atoms with Gasteiger partial charge in [0.15, 0.2) is 0 Å². The lowest BCUT2D eigenvalue weighted by Crippen LogP contribution is -2.50. The lowest BCUT2D eigenvalue weighted by Gasteiger charge is -2.35. The van der Waals surface area contributed by atoms with Crippen LogP contribution in [0.5, 0.6) is 5.88 Å². The van der Waals surface area contributed by atoms with Crippen LogP contribution in [-0.4, -0.2) is 80.5 Å². The summed E-state index contributed by atoms with van der Waals surface area (Å²) in [6, 6.07) is 1.61. The third-order valence-corrected chi connectivity index (χ3v) is 5.02. The number of anilines is 1. The molecule has 0 unspecified atom stereocenters. The van der Waals surface area contributed by atoms with Crippen molar-refractivity contribution in [1.29, 1.82) is 0 Å². The highest BCUT2D eigenvalue weighted by molar-refractivity contribution is 9.10. The van der Waals surface area contributed by atoms with Gasteiger partial charge in [-0.2, -0.15) is 0 Å². The van der Waals surface area contributed by atoms with E-state index in [2.05, 4.69) is 30.5 Å². The van der Waals surface area contributed by atoms with Crippen LogP contribution in [-0.2, 0) is 14.8 Å². The molecule has 2 heterocycles. The van der Waals surface area contributed by atoms with E-state index in [9.17, 15) is 13.2 Å². The molecule has 1 aromatic heterocycles. The first-order valence-electron chi connectivity index (χ1n) is 9.39. The fraction of sp³-hybridized carbons (Fsp3) is 0.667. The lowest BCUT2D eigenvalue weighted by atomic mass is 10.2. The summed E-state index contributed by atoms with van der Waals surface area (Å²) in [5.74, 6) is 0.244. The summed E-state index contributed by atoms with van der Waals surface area (Å²) >= 11 is 3.27. The number of hydrogen-bond acceptors (Lipinski definition) is 7. The zero-order chi connectivity index (χ0) is 21.7. The molecule has 1 aliphatic heterocycles. The molecule has 0 saturated carbocycles. The zero-order valence-electron chi connectivity index (χ0n) is 17.3. The Bertz CT molecular complexity index is 805. The average molecular weight is 493 g/mol. The molecule has 0 aliphatic carbocycles. The molecule has 0 atom stereocenters. The number of sulfonamides is 1. The molecule has 2 rings (SSSR count). The summed E-state index contributed by atoms with van der Waals surface area (Å²) < 4.78 is 37.1. The summed E-state index contributed by atoms with van der Waals surface area (Å²) in [5.41, 5.74) is -0.190. The molecule has 0 radical (unpaired) electrons. The number of amides is 1. The van der Waals surface area contributed by atoms with Crippen LogP contribution in [0.4, 0.5) is 10.5 Å². The van der Waals surface area contributed by atoms with Crippen molar-refractivity contribution < 1.29 is 22.7 Å². The molecule has 1 fully saturated rings. The number of carbonyl (C=O) groups is 1. The summed E-state index contributed by atoms with van der Waals surface area (Å²) in [6.45, 7) is 9.61. The molecule has 29 heavy (non-hydrogen) atoms. The van der Waals surface area contributed by atoms with Crippen LogP contribution in [0.15, 0.2) is 16.7 Å². The molecule has 0 aromatic carbocycles. The lowest BCUT2D eigenvalue weighted by molar-refractivity contribution is 0.0142. The summed E-state index contributed by atoms with van der Waals surface area (Å²) in [7, 11) is -3.43. The van der Waals surface area contributed by atoms with Crippen LogP contribution in [0, 0.1) is 0 Å². The quantitative estimate of drug-likeness (QED) is 0.583. The first-order valence-corrected chi connectivity index (χ1v) is 12.1. The van der Waals surface area contributed by atoms with Crippen LogP contribution in [0.3, 0.4) is 0 Å². The number of pyridine rings is 1. The number of ether oxygens (including phenoxy) is 2. The SMILES string of the molecule is CC(C)(C)OC(=O)N1CCN(CCCOc2ncc(Br)cc2NS(C)(=O)=O)CC1. The smallest absolute Gasteiger partial charge is 0.410 e. The number of nitrogens with one attached hydrogen (secondary N) is 1. The molecule has 1 saturated heterocycles. The molecule has 9 nitrogen and oxygen atoms in total.